The van der Waals surface area contributed by atoms with Gasteiger partial charge in [-0.05, 0) is 30.7 Å². The van der Waals surface area contributed by atoms with Gasteiger partial charge in [-0.1, -0.05) is 37.8 Å². The lowest BCUT2D eigenvalue weighted by atomic mass is 10.1. The monoisotopic (exact) mass is 325 g/mol. The highest BCUT2D eigenvalue weighted by atomic mass is 16.5. The fraction of sp³-hybridized carbons (Fsp3) is 0.421. The molecule has 0 amide bonds. The number of aryl methyl sites for hydroxylation is 2. The van der Waals surface area contributed by atoms with E-state index in [1.807, 2.05) is 42.5 Å². The van der Waals surface area contributed by atoms with Gasteiger partial charge in [0, 0.05) is 12.0 Å². The van der Waals surface area contributed by atoms with Gasteiger partial charge in [0.1, 0.15) is 18.1 Å². The third kappa shape index (κ3) is 4.10. The van der Waals surface area contributed by atoms with Crippen molar-refractivity contribution in [2.24, 2.45) is 7.05 Å². The van der Waals surface area contributed by atoms with Gasteiger partial charge < -0.3 is 4.52 Å². The van der Waals surface area contributed by atoms with Crippen molar-refractivity contribution >= 4 is 0 Å². The standard InChI is InChI=1S/C19H25N4O/c1-3-4-5-6-7-8-18-20-19(21-24-18)16-9-11-17(12-10-16)23-14-13-22(2)15-23/h9-15H,3-8H2,1-2H3/q+1. The second-order valence-electron chi connectivity index (χ2n) is 6.21. The molecule has 0 aliphatic heterocycles. The van der Waals surface area contributed by atoms with E-state index < -0.39 is 0 Å². The lowest BCUT2D eigenvalue weighted by Crippen LogP contribution is -2.23. The summed E-state index contributed by atoms with van der Waals surface area (Å²) in [5, 5.41) is 4.11. The van der Waals surface area contributed by atoms with E-state index in [1.165, 1.54) is 25.7 Å². The van der Waals surface area contributed by atoms with Gasteiger partial charge in [-0.25, -0.2) is 9.13 Å². The van der Waals surface area contributed by atoms with Gasteiger partial charge in [-0.15, -0.1) is 0 Å². The topological polar surface area (TPSA) is 47.7 Å². The quantitative estimate of drug-likeness (QED) is 0.467. The molecule has 0 aliphatic rings. The molecule has 5 heteroatoms. The van der Waals surface area contributed by atoms with Crippen LogP contribution in [0.25, 0.3) is 17.1 Å². The van der Waals surface area contributed by atoms with Crippen molar-refractivity contribution in [3.8, 4) is 17.1 Å². The largest absolute Gasteiger partial charge is 0.339 e. The fourth-order valence-corrected chi connectivity index (χ4v) is 2.74. The maximum absolute atomic E-state index is 5.37. The molecule has 0 aliphatic carbocycles. The summed E-state index contributed by atoms with van der Waals surface area (Å²) < 4.78 is 9.46. The molecule has 0 bridgehead atoms. The third-order valence-corrected chi connectivity index (χ3v) is 4.15. The van der Waals surface area contributed by atoms with E-state index in [2.05, 4.69) is 33.8 Å². The summed E-state index contributed by atoms with van der Waals surface area (Å²) in [5.41, 5.74) is 2.09. The maximum Gasteiger partial charge on any atom is 0.248 e. The molecule has 5 nitrogen and oxygen atoms in total. The predicted octanol–water partition coefficient (Wildman–Crippen LogP) is 3.86. The molecule has 24 heavy (non-hydrogen) atoms. The first-order chi connectivity index (χ1) is 11.8. The Morgan fingerprint density at radius 2 is 1.88 bits per heavy atom. The molecule has 2 heterocycles. The second-order valence-corrected chi connectivity index (χ2v) is 6.21. The van der Waals surface area contributed by atoms with Crippen molar-refractivity contribution in [3.63, 3.8) is 0 Å². The van der Waals surface area contributed by atoms with E-state index in [1.54, 1.807) is 0 Å². The average molecular weight is 325 g/mol. The zero-order valence-corrected chi connectivity index (χ0v) is 14.5. The Kier molecular flexibility index (Phi) is 5.41. The Labute approximate surface area is 142 Å². The second kappa shape index (κ2) is 7.90. The predicted molar refractivity (Wildman–Crippen MR) is 92.7 cm³/mol. The molecule has 0 saturated heterocycles. The summed E-state index contributed by atoms with van der Waals surface area (Å²) in [6, 6.07) is 8.20. The molecule has 126 valence electrons. The summed E-state index contributed by atoms with van der Waals surface area (Å²) in [5.74, 6) is 1.41. The van der Waals surface area contributed by atoms with Gasteiger partial charge in [-0.3, -0.25) is 0 Å². The molecule has 0 atom stereocenters. The Morgan fingerprint density at radius 3 is 2.58 bits per heavy atom. The Hall–Kier alpha value is -2.43. The maximum atomic E-state index is 5.37. The first-order valence-electron chi connectivity index (χ1n) is 8.73. The van der Waals surface area contributed by atoms with Crippen molar-refractivity contribution in [3.05, 3.63) is 48.9 Å². The number of nitrogens with zero attached hydrogens (tertiary/aromatic N) is 4. The van der Waals surface area contributed by atoms with Crippen LogP contribution in [0.5, 0.6) is 0 Å². The number of unbranched alkanes of at least 4 members (excludes halogenated alkanes) is 4. The smallest absolute Gasteiger partial charge is 0.248 e. The molecular weight excluding hydrogens is 300 g/mol. The van der Waals surface area contributed by atoms with Gasteiger partial charge in [0.15, 0.2) is 0 Å². The summed E-state index contributed by atoms with van der Waals surface area (Å²) in [4.78, 5) is 4.52. The zero-order chi connectivity index (χ0) is 16.8. The van der Waals surface area contributed by atoms with Crippen LogP contribution in [0.3, 0.4) is 0 Å². The molecule has 0 fully saturated rings. The normalized spacial score (nSPS) is 11.1. The Bertz CT molecular complexity index is 758. The fourth-order valence-electron chi connectivity index (χ4n) is 2.74. The molecule has 3 aromatic rings. The molecule has 0 N–H and O–H groups in total. The van der Waals surface area contributed by atoms with Crippen LogP contribution in [0, 0.1) is 0 Å². The zero-order valence-electron chi connectivity index (χ0n) is 14.5. The molecule has 1 aromatic carbocycles. The highest BCUT2D eigenvalue weighted by Gasteiger charge is 2.10. The van der Waals surface area contributed by atoms with Crippen molar-refractivity contribution in [1.29, 1.82) is 0 Å². The van der Waals surface area contributed by atoms with Crippen LogP contribution in [0.15, 0.2) is 47.5 Å². The molecule has 3 rings (SSSR count). The van der Waals surface area contributed by atoms with Crippen LogP contribution < -0.4 is 4.57 Å². The van der Waals surface area contributed by atoms with Gasteiger partial charge >= 0.3 is 0 Å². The van der Waals surface area contributed by atoms with Crippen LogP contribution in [0.2, 0.25) is 0 Å². The molecule has 0 saturated carbocycles. The summed E-state index contributed by atoms with van der Waals surface area (Å²) in [6.07, 6.45) is 13.1. The first kappa shape index (κ1) is 16.4. The van der Waals surface area contributed by atoms with Crippen LogP contribution in [0.1, 0.15) is 44.9 Å². The van der Waals surface area contributed by atoms with E-state index in [0.717, 1.165) is 30.0 Å². The van der Waals surface area contributed by atoms with E-state index in [9.17, 15) is 0 Å². The van der Waals surface area contributed by atoms with Crippen molar-refractivity contribution in [2.75, 3.05) is 0 Å². The minimum Gasteiger partial charge on any atom is -0.339 e. The van der Waals surface area contributed by atoms with E-state index in [0.29, 0.717) is 5.82 Å². The minimum absolute atomic E-state index is 0.670. The molecular formula is C19H25N4O+. The molecule has 0 radical (unpaired) electrons. The number of benzene rings is 1. The van der Waals surface area contributed by atoms with Gasteiger partial charge in [0.2, 0.25) is 18.0 Å². The van der Waals surface area contributed by atoms with Crippen molar-refractivity contribution in [1.82, 2.24) is 14.7 Å². The first-order valence-corrected chi connectivity index (χ1v) is 8.73. The van der Waals surface area contributed by atoms with Crippen LogP contribution in [0.4, 0.5) is 0 Å². The Morgan fingerprint density at radius 1 is 1.08 bits per heavy atom. The number of hydrogen-bond acceptors (Lipinski definition) is 3. The third-order valence-electron chi connectivity index (χ3n) is 4.15. The lowest BCUT2D eigenvalue weighted by Gasteiger charge is -1.97. The van der Waals surface area contributed by atoms with Crippen LogP contribution in [-0.2, 0) is 13.5 Å². The van der Waals surface area contributed by atoms with E-state index in [4.69, 9.17) is 4.52 Å². The van der Waals surface area contributed by atoms with Gasteiger partial charge in [0.05, 0.1) is 7.05 Å². The lowest BCUT2D eigenvalue weighted by molar-refractivity contribution is -0.670. The number of hydrogen-bond donors (Lipinski definition) is 0. The number of rotatable bonds is 8. The summed E-state index contributed by atoms with van der Waals surface area (Å²) >= 11 is 0. The highest BCUT2D eigenvalue weighted by molar-refractivity contribution is 5.56. The minimum atomic E-state index is 0.670. The molecule has 0 unspecified atom stereocenters. The number of aromatic nitrogens is 4. The van der Waals surface area contributed by atoms with E-state index >= 15 is 0 Å². The summed E-state index contributed by atoms with van der Waals surface area (Å²) in [7, 11) is 2.01. The molecule has 0 spiro atoms. The average Bonchev–Trinajstić information content (AvgIpc) is 3.24. The molecule has 2 aromatic heterocycles. The highest BCUT2D eigenvalue weighted by Crippen LogP contribution is 2.19. The van der Waals surface area contributed by atoms with Crippen LogP contribution >= 0.6 is 0 Å². The SMILES string of the molecule is CCCCCCCc1nc(-c2ccc(-n3cc[n+](C)c3)cc2)no1. The number of imidazole rings is 1. The summed E-state index contributed by atoms with van der Waals surface area (Å²) in [6.45, 7) is 2.23. The van der Waals surface area contributed by atoms with Gasteiger partial charge in [0.25, 0.3) is 0 Å². The van der Waals surface area contributed by atoms with Crippen molar-refractivity contribution in [2.45, 2.75) is 45.4 Å². The van der Waals surface area contributed by atoms with Crippen LogP contribution in [-0.4, -0.2) is 14.7 Å². The van der Waals surface area contributed by atoms with Gasteiger partial charge in [-0.2, -0.15) is 4.98 Å². The van der Waals surface area contributed by atoms with E-state index in [-0.39, 0.29) is 0 Å². The Balaban J connectivity index is 1.60. The van der Waals surface area contributed by atoms with Crippen molar-refractivity contribution < 1.29 is 9.09 Å².